The highest BCUT2D eigenvalue weighted by Crippen LogP contribution is 2.43. The molecule has 0 spiro atoms. The standard InChI is InChI=1S/C20H19IN2O4/c1-11-9-27-20-14-8-7-13-15(21)17(24)18(16(23(13)14)19(25)22(11)20)26-10-12-5-3-2-4-6-12/h2-6,11,14,20H,7-10H2,1H3/t11-,14?,20?/m0/s1. The number of nitrogens with zero attached hydrogens (tertiary/aromatic N) is 2. The summed E-state index contributed by atoms with van der Waals surface area (Å²) < 4.78 is 14.6. The number of rotatable bonds is 3. The molecule has 4 heterocycles. The first-order valence-corrected chi connectivity index (χ1v) is 10.2. The van der Waals surface area contributed by atoms with Crippen LogP contribution < -0.4 is 10.2 Å². The molecule has 27 heavy (non-hydrogen) atoms. The number of halogens is 1. The van der Waals surface area contributed by atoms with Crippen molar-refractivity contribution in [2.24, 2.45) is 0 Å². The zero-order chi connectivity index (χ0) is 18.7. The van der Waals surface area contributed by atoms with E-state index in [1.807, 2.05) is 41.8 Å². The third-order valence-electron chi connectivity index (χ3n) is 5.66. The van der Waals surface area contributed by atoms with E-state index in [1.165, 1.54) is 0 Å². The van der Waals surface area contributed by atoms with Gasteiger partial charge in [0.25, 0.3) is 5.91 Å². The zero-order valence-electron chi connectivity index (χ0n) is 14.9. The fourth-order valence-electron chi connectivity index (χ4n) is 4.42. The molecule has 2 unspecified atom stereocenters. The molecule has 1 aromatic carbocycles. The topological polar surface area (TPSA) is 60.8 Å². The van der Waals surface area contributed by atoms with Crippen LogP contribution in [0.5, 0.6) is 5.75 Å². The highest BCUT2D eigenvalue weighted by atomic mass is 127. The van der Waals surface area contributed by atoms with Crippen LogP contribution in [0.25, 0.3) is 0 Å². The van der Waals surface area contributed by atoms with Crippen molar-refractivity contribution in [2.75, 3.05) is 6.61 Å². The molecule has 2 aromatic rings. The molecule has 3 atom stereocenters. The summed E-state index contributed by atoms with van der Waals surface area (Å²) in [5.41, 5.74) is 2.10. The van der Waals surface area contributed by atoms with Gasteiger partial charge in [0.05, 0.1) is 22.3 Å². The van der Waals surface area contributed by atoms with Crippen molar-refractivity contribution in [3.63, 3.8) is 0 Å². The lowest BCUT2D eigenvalue weighted by molar-refractivity contribution is -0.0146. The number of benzene rings is 1. The molecule has 0 N–H and O–H groups in total. The molecule has 1 fully saturated rings. The molecular weight excluding hydrogens is 459 g/mol. The summed E-state index contributed by atoms with van der Waals surface area (Å²) in [4.78, 5) is 28.2. The van der Waals surface area contributed by atoms with E-state index in [9.17, 15) is 9.59 Å². The molecule has 7 heteroatoms. The molecule has 6 nitrogen and oxygen atoms in total. The minimum Gasteiger partial charge on any atom is -0.483 e. The van der Waals surface area contributed by atoms with Gasteiger partial charge in [-0.05, 0) is 47.9 Å². The van der Waals surface area contributed by atoms with Gasteiger partial charge >= 0.3 is 0 Å². The minimum absolute atomic E-state index is 0.00310. The Kier molecular flexibility index (Phi) is 4.05. The smallest absolute Gasteiger partial charge is 0.276 e. The number of amides is 1. The van der Waals surface area contributed by atoms with Crippen molar-refractivity contribution in [3.05, 3.63) is 61.1 Å². The average Bonchev–Trinajstić information content (AvgIpc) is 3.27. The summed E-state index contributed by atoms with van der Waals surface area (Å²) in [6, 6.07) is 9.72. The molecule has 3 aliphatic heterocycles. The lowest BCUT2D eigenvalue weighted by atomic mass is 10.1. The maximum Gasteiger partial charge on any atom is 0.276 e. The van der Waals surface area contributed by atoms with Crippen LogP contribution >= 0.6 is 22.6 Å². The molecule has 0 aliphatic carbocycles. The van der Waals surface area contributed by atoms with Gasteiger partial charge in [0.2, 0.25) is 5.43 Å². The highest BCUT2D eigenvalue weighted by Gasteiger charge is 2.50. The number of carbonyl (C=O) groups excluding carboxylic acids is 1. The van der Waals surface area contributed by atoms with Crippen LogP contribution in [0, 0.1) is 3.57 Å². The van der Waals surface area contributed by atoms with Gasteiger partial charge in [-0.2, -0.15) is 0 Å². The number of ether oxygens (including phenoxy) is 2. The van der Waals surface area contributed by atoms with Crippen LogP contribution in [0.1, 0.15) is 41.1 Å². The van der Waals surface area contributed by atoms with Gasteiger partial charge in [-0.3, -0.25) is 9.59 Å². The Labute approximate surface area is 170 Å². The first-order valence-electron chi connectivity index (χ1n) is 9.15. The zero-order valence-corrected chi connectivity index (χ0v) is 17.0. The number of carbonyl (C=O) groups is 1. The van der Waals surface area contributed by atoms with Crippen molar-refractivity contribution in [1.82, 2.24) is 9.47 Å². The Morgan fingerprint density at radius 1 is 1.26 bits per heavy atom. The fourth-order valence-corrected chi connectivity index (χ4v) is 5.19. The van der Waals surface area contributed by atoms with Crippen LogP contribution in [-0.2, 0) is 17.8 Å². The Hall–Kier alpha value is -1.87. The summed E-state index contributed by atoms with van der Waals surface area (Å²) in [5.74, 6) is 0.00224. The number of hydrogen-bond acceptors (Lipinski definition) is 4. The van der Waals surface area contributed by atoms with Crippen LogP contribution in [0.4, 0.5) is 0 Å². The molecule has 0 radical (unpaired) electrons. The average molecular weight is 478 g/mol. The summed E-state index contributed by atoms with van der Waals surface area (Å²) in [7, 11) is 0. The fraction of sp³-hybridized carbons (Fsp3) is 0.400. The van der Waals surface area contributed by atoms with Gasteiger partial charge in [-0.1, -0.05) is 30.3 Å². The van der Waals surface area contributed by atoms with Gasteiger partial charge in [-0.15, -0.1) is 0 Å². The van der Waals surface area contributed by atoms with Gasteiger partial charge in [0.15, 0.2) is 17.7 Å². The van der Waals surface area contributed by atoms with Crippen molar-refractivity contribution in [1.29, 1.82) is 0 Å². The van der Waals surface area contributed by atoms with Crippen molar-refractivity contribution in [2.45, 2.75) is 44.7 Å². The maximum absolute atomic E-state index is 13.3. The first-order chi connectivity index (χ1) is 13.1. The lowest BCUT2D eigenvalue weighted by Crippen LogP contribution is -2.50. The lowest BCUT2D eigenvalue weighted by Gasteiger charge is -2.38. The van der Waals surface area contributed by atoms with E-state index in [1.54, 1.807) is 4.90 Å². The molecule has 0 bridgehead atoms. The van der Waals surface area contributed by atoms with E-state index in [0.717, 1.165) is 24.1 Å². The summed E-state index contributed by atoms with van der Waals surface area (Å²) in [5, 5.41) is 0. The van der Waals surface area contributed by atoms with E-state index in [-0.39, 0.29) is 42.0 Å². The number of fused-ring (bicyclic) bond motifs is 2. The van der Waals surface area contributed by atoms with Crippen LogP contribution in [0.2, 0.25) is 0 Å². The van der Waals surface area contributed by atoms with E-state index < -0.39 is 0 Å². The second-order valence-electron chi connectivity index (χ2n) is 7.30. The summed E-state index contributed by atoms with van der Waals surface area (Å²) in [6.07, 6.45) is 1.40. The van der Waals surface area contributed by atoms with Crippen molar-refractivity contribution in [3.8, 4) is 5.75 Å². The van der Waals surface area contributed by atoms with Crippen LogP contribution in [-0.4, -0.2) is 34.3 Å². The molecule has 0 saturated carbocycles. The van der Waals surface area contributed by atoms with E-state index >= 15 is 0 Å². The normalized spacial score (nSPS) is 25.5. The first kappa shape index (κ1) is 17.2. The minimum atomic E-state index is -0.249. The molecule has 140 valence electrons. The Morgan fingerprint density at radius 3 is 2.81 bits per heavy atom. The summed E-state index contributed by atoms with van der Waals surface area (Å²) in [6.45, 7) is 2.77. The molecule has 1 saturated heterocycles. The number of hydrogen-bond donors (Lipinski definition) is 0. The Bertz CT molecular complexity index is 988. The monoisotopic (exact) mass is 478 g/mol. The molecular formula is C20H19IN2O4. The third kappa shape index (κ3) is 2.47. The predicted octanol–water partition coefficient (Wildman–Crippen LogP) is 2.72. The number of aromatic nitrogens is 1. The largest absolute Gasteiger partial charge is 0.483 e. The van der Waals surface area contributed by atoms with Crippen LogP contribution in [0.15, 0.2) is 35.1 Å². The maximum atomic E-state index is 13.3. The predicted molar refractivity (Wildman–Crippen MR) is 107 cm³/mol. The SMILES string of the molecule is C[C@H]1COC2C3CCc4c(I)c(=O)c(OCc5ccccc5)c(n43)C(=O)N21. The Morgan fingerprint density at radius 2 is 2.04 bits per heavy atom. The van der Waals surface area contributed by atoms with E-state index in [0.29, 0.717) is 15.9 Å². The number of pyridine rings is 1. The van der Waals surface area contributed by atoms with Crippen molar-refractivity contribution < 1.29 is 14.3 Å². The van der Waals surface area contributed by atoms with E-state index in [2.05, 4.69) is 22.6 Å². The molecule has 5 rings (SSSR count). The van der Waals surface area contributed by atoms with E-state index in [4.69, 9.17) is 9.47 Å². The third-order valence-corrected chi connectivity index (χ3v) is 6.78. The van der Waals surface area contributed by atoms with Gasteiger partial charge < -0.3 is 18.9 Å². The van der Waals surface area contributed by atoms with Gasteiger partial charge in [0, 0.05) is 5.69 Å². The second kappa shape index (κ2) is 6.34. The van der Waals surface area contributed by atoms with Crippen LogP contribution in [0.3, 0.4) is 0 Å². The quantitative estimate of drug-likeness (QED) is 0.637. The highest BCUT2D eigenvalue weighted by molar-refractivity contribution is 14.1. The molecule has 3 aliphatic rings. The van der Waals surface area contributed by atoms with Gasteiger partial charge in [0.1, 0.15) is 6.61 Å². The molecule has 1 aromatic heterocycles. The summed E-state index contributed by atoms with van der Waals surface area (Å²) >= 11 is 2.09. The van der Waals surface area contributed by atoms with Crippen molar-refractivity contribution >= 4 is 28.5 Å². The van der Waals surface area contributed by atoms with Gasteiger partial charge in [-0.25, -0.2) is 0 Å². The second-order valence-corrected chi connectivity index (χ2v) is 8.38. The Balaban J connectivity index is 1.64. The molecule has 1 amide bonds.